The van der Waals surface area contributed by atoms with E-state index in [1.54, 1.807) is 43.7 Å². The zero-order valence-corrected chi connectivity index (χ0v) is 19.2. The van der Waals surface area contributed by atoms with Gasteiger partial charge in [-0.2, -0.15) is 23.3 Å². The quantitative estimate of drug-likeness (QED) is 0.420. The fraction of sp³-hybridized carbons (Fsp3) is 0.333. The van der Waals surface area contributed by atoms with Crippen LogP contribution < -0.4 is 11.0 Å². The van der Waals surface area contributed by atoms with Crippen molar-refractivity contribution in [2.45, 2.75) is 38.6 Å². The summed E-state index contributed by atoms with van der Waals surface area (Å²) >= 11 is 6.21. The van der Waals surface area contributed by atoms with Crippen molar-refractivity contribution < 1.29 is 18.3 Å². The first-order valence-corrected chi connectivity index (χ1v) is 10.6. The molecular weight excluding hydrogens is 475 g/mol. The Labute approximate surface area is 196 Å². The van der Waals surface area contributed by atoms with Gasteiger partial charge in [0.1, 0.15) is 5.02 Å². The molecule has 1 aromatic carbocycles. The molecule has 0 atom stereocenters. The van der Waals surface area contributed by atoms with Crippen molar-refractivity contribution in [2.24, 2.45) is 7.05 Å². The van der Waals surface area contributed by atoms with E-state index in [0.717, 1.165) is 16.9 Å². The number of hydrogen-bond donors (Lipinski definition) is 2. The second kappa shape index (κ2) is 8.44. The molecule has 9 nitrogen and oxygen atoms in total. The molecule has 4 aromatic rings. The Morgan fingerprint density at radius 2 is 1.91 bits per heavy atom. The Morgan fingerprint density at radius 3 is 2.56 bits per heavy atom. The van der Waals surface area contributed by atoms with Gasteiger partial charge >= 0.3 is 11.9 Å². The molecule has 0 spiro atoms. The molecule has 0 amide bonds. The predicted octanol–water partition coefficient (Wildman–Crippen LogP) is 3.89. The highest BCUT2D eigenvalue weighted by molar-refractivity contribution is 6.32. The van der Waals surface area contributed by atoms with Gasteiger partial charge in [0.15, 0.2) is 11.5 Å². The fourth-order valence-electron chi connectivity index (χ4n) is 3.37. The number of rotatable bonds is 6. The number of fused-ring (bicyclic) bond motifs is 1. The van der Waals surface area contributed by atoms with Crippen molar-refractivity contribution in [3.05, 3.63) is 57.9 Å². The molecule has 0 fully saturated rings. The van der Waals surface area contributed by atoms with E-state index in [9.17, 15) is 23.1 Å². The molecule has 4 rings (SSSR count). The van der Waals surface area contributed by atoms with Crippen molar-refractivity contribution in [1.82, 2.24) is 28.9 Å². The normalized spacial score (nSPS) is 12.5. The topological polar surface area (TPSA) is 103 Å². The number of aromatic nitrogens is 6. The Bertz CT molecular complexity index is 1420. The zero-order chi connectivity index (χ0) is 24.8. The highest BCUT2D eigenvalue weighted by atomic mass is 35.5. The third kappa shape index (κ3) is 4.77. The molecule has 0 bridgehead atoms. The van der Waals surface area contributed by atoms with Crippen LogP contribution in [0.15, 0.2) is 41.5 Å². The van der Waals surface area contributed by atoms with Crippen molar-refractivity contribution in [3.63, 3.8) is 0 Å². The first-order valence-electron chi connectivity index (χ1n) is 10.2. The van der Waals surface area contributed by atoms with Gasteiger partial charge in [0.25, 0.3) is 5.95 Å². The predicted molar refractivity (Wildman–Crippen MR) is 121 cm³/mol. The molecule has 3 heterocycles. The molecule has 0 saturated heterocycles. The third-order valence-electron chi connectivity index (χ3n) is 5.17. The maximum Gasteiger partial charge on any atom is 0.435 e. The number of nitrogens with zero attached hydrogens (tertiary/aromatic N) is 6. The summed E-state index contributed by atoms with van der Waals surface area (Å²) in [4.78, 5) is 20.8. The van der Waals surface area contributed by atoms with Crippen LogP contribution in [-0.2, 0) is 19.8 Å². The van der Waals surface area contributed by atoms with Crippen molar-refractivity contribution in [1.29, 1.82) is 0 Å². The van der Waals surface area contributed by atoms with Gasteiger partial charge in [-0.25, -0.2) is 14.5 Å². The van der Waals surface area contributed by atoms with Gasteiger partial charge in [-0.3, -0.25) is 9.13 Å². The molecule has 3 aromatic heterocycles. The molecule has 0 radical (unpaired) electrons. The smallest absolute Gasteiger partial charge is 0.390 e. The summed E-state index contributed by atoms with van der Waals surface area (Å²) in [7, 11) is 1.66. The first kappa shape index (κ1) is 23.8. The molecule has 0 unspecified atom stereocenters. The Hall–Kier alpha value is -3.38. The lowest BCUT2D eigenvalue weighted by Crippen LogP contribution is -2.27. The van der Waals surface area contributed by atoms with E-state index < -0.39 is 17.5 Å². The van der Waals surface area contributed by atoms with Crippen molar-refractivity contribution in [2.75, 3.05) is 5.32 Å². The SMILES string of the molecule is Cn1c(=O)n(CCC(C)(C)O)c2cc(Nc3nc(-n4ccc(C(F)(F)F)n4)ncc3Cl)ccc21. The number of nitrogens with one attached hydrogen (secondary N) is 1. The van der Waals surface area contributed by atoms with Crippen LogP contribution >= 0.6 is 11.6 Å². The van der Waals surface area contributed by atoms with E-state index in [1.807, 2.05) is 0 Å². The average molecular weight is 496 g/mol. The zero-order valence-electron chi connectivity index (χ0n) is 18.4. The van der Waals surface area contributed by atoms with Gasteiger partial charge in [0, 0.05) is 25.5 Å². The number of imidazole rings is 1. The maximum absolute atomic E-state index is 12.9. The highest BCUT2D eigenvalue weighted by Gasteiger charge is 2.33. The lowest BCUT2D eigenvalue weighted by atomic mass is 10.1. The summed E-state index contributed by atoms with van der Waals surface area (Å²) in [5.74, 6) is 0.0432. The summed E-state index contributed by atoms with van der Waals surface area (Å²) in [6, 6.07) is 6.02. The van der Waals surface area contributed by atoms with Crippen LogP contribution in [0.1, 0.15) is 26.0 Å². The average Bonchev–Trinajstić information content (AvgIpc) is 3.32. The molecule has 180 valence electrons. The van der Waals surface area contributed by atoms with Crippen molar-refractivity contribution in [3.8, 4) is 5.95 Å². The number of hydrogen-bond acceptors (Lipinski definition) is 6. The Balaban J connectivity index is 1.68. The summed E-state index contributed by atoms with van der Waals surface area (Å²) < 4.78 is 42.6. The standard InChI is InChI=1S/C21H21ClF3N7O2/c1-20(2,34)7-9-31-15-10-12(4-5-14(15)30(3)19(31)33)27-17-13(22)11-26-18(28-17)32-8-6-16(29-32)21(23,24)25/h4-6,8,10-11,34H,7,9H2,1-3H3,(H,26,27,28). The summed E-state index contributed by atoms with van der Waals surface area (Å²) in [5, 5.41) is 16.7. The monoisotopic (exact) mass is 495 g/mol. The van der Waals surface area contributed by atoms with E-state index >= 15 is 0 Å². The Kier molecular flexibility index (Phi) is 5.90. The number of anilines is 2. The third-order valence-corrected chi connectivity index (χ3v) is 5.45. The van der Waals surface area contributed by atoms with Crippen LogP contribution in [0.4, 0.5) is 24.7 Å². The van der Waals surface area contributed by atoms with Gasteiger partial charge < -0.3 is 10.4 Å². The van der Waals surface area contributed by atoms with Gasteiger partial charge in [-0.15, -0.1) is 0 Å². The number of halogens is 4. The minimum Gasteiger partial charge on any atom is -0.390 e. The lowest BCUT2D eigenvalue weighted by Gasteiger charge is -2.17. The number of aliphatic hydroxyl groups is 1. The summed E-state index contributed by atoms with van der Waals surface area (Å²) in [6.07, 6.45) is -1.87. The molecule has 13 heteroatoms. The molecule has 0 aliphatic rings. The second-order valence-electron chi connectivity index (χ2n) is 8.39. The molecule has 2 N–H and O–H groups in total. The highest BCUT2D eigenvalue weighted by Crippen LogP contribution is 2.29. The van der Waals surface area contributed by atoms with Crippen LogP contribution in [0.5, 0.6) is 0 Å². The fourth-order valence-corrected chi connectivity index (χ4v) is 3.51. The van der Waals surface area contributed by atoms with E-state index in [1.165, 1.54) is 10.8 Å². The lowest BCUT2D eigenvalue weighted by molar-refractivity contribution is -0.141. The van der Waals surface area contributed by atoms with Crippen LogP contribution in [0.2, 0.25) is 5.02 Å². The van der Waals surface area contributed by atoms with Crippen LogP contribution in [0.3, 0.4) is 0 Å². The van der Waals surface area contributed by atoms with Gasteiger partial charge in [0.2, 0.25) is 0 Å². The first-order chi connectivity index (χ1) is 15.8. The van der Waals surface area contributed by atoms with Crippen molar-refractivity contribution >= 4 is 34.1 Å². The Morgan fingerprint density at radius 1 is 1.18 bits per heavy atom. The largest absolute Gasteiger partial charge is 0.435 e. The van der Waals surface area contributed by atoms with Gasteiger partial charge in [0.05, 0.1) is 22.8 Å². The molecule has 34 heavy (non-hydrogen) atoms. The van der Waals surface area contributed by atoms with E-state index in [0.29, 0.717) is 29.7 Å². The molecule has 0 aliphatic heterocycles. The number of aryl methyl sites for hydroxylation is 2. The summed E-state index contributed by atoms with van der Waals surface area (Å²) in [5.41, 5.74) is -0.373. The minimum atomic E-state index is -4.59. The number of benzene rings is 1. The second-order valence-corrected chi connectivity index (χ2v) is 8.80. The summed E-state index contributed by atoms with van der Waals surface area (Å²) in [6.45, 7) is 3.65. The van der Waals surface area contributed by atoms with E-state index in [4.69, 9.17) is 11.6 Å². The van der Waals surface area contributed by atoms with E-state index in [2.05, 4.69) is 20.4 Å². The van der Waals surface area contributed by atoms with E-state index in [-0.39, 0.29) is 22.5 Å². The van der Waals surface area contributed by atoms with Gasteiger partial charge in [-0.1, -0.05) is 11.6 Å². The van der Waals surface area contributed by atoms with Gasteiger partial charge in [-0.05, 0) is 44.5 Å². The van der Waals surface area contributed by atoms with Crippen LogP contribution in [0.25, 0.3) is 17.0 Å². The maximum atomic E-state index is 12.9. The molecular formula is C21H21ClF3N7O2. The van der Waals surface area contributed by atoms with Crippen LogP contribution in [-0.4, -0.2) is 39.6 Å². The minimum absolute atomic E-state index is 0.106. The number of alkyl halides is 3. The molecule has 0 aliphatic carbocycles. The molecule has 0 saturated carbocycles. The van der Waals surface area contributed by atoms with Crippen LogP contribution in [0, 0.1) is 0 Å².